The molecule has 0 aromatic heterocycles. The van der Waals surface area contributed by atoms with Gasteiger partial charge in [0.15, 0.2) is 0 Å². The van der Waals surface area contributed by atoms with E-state index in [1.54, 1.807) is 0 Å². The molecule has 2 nitrogen and oxygen atoms in total. The standard InChI is InChI=1S/C2H2ClFO2.Cs.K.2H/c3-1(4)2(5)6;;;;/h1H,(H,5,6);;;;/q;2*+1;2*-1. The van der Waals surface area contributed by atoms with E-state index < -0.39 is 11.6 Å². The van der Waals surface area contributed by atoms with Crippen molar-refractivity contribution in [2.24, 2.45) is 0 Å². The van der Waals surface area contributed by atoms with E-state index in [0.717, 1.165) is 0 Å². The summed E-state index contributed by atoms with van der Waals surface area (Å²) in [7, 11) is 0. The smallest absolute Gasteiger partial charge is 1.00 e. The van der Waals surface area contributed by atoms with Crippen molar-refractivity contribution in [3.8, 4) is 0 Å². The molecule has 0 aromatic carbocycles. The van der Waals surface area contributed by atoms with Crippen LogP contribution in [0.3, 0.4) is 0 Å². The molecule has 40 valence electrons. The topological polar surface area (TPSA) is 37.3 Å². The van der Waals surface area contributed by atoms with Gasteiger partial charge in [-0.1, -0.05) is 11.6 Å². The molecule has 1 unspecified atom stereocenters. The fourth-order valence-corrected chi connectivity index (χ4v) is 0. The van der Waals surface area contributed by atoms with Gasteiger partial charge >= 0.3 is 126 Å². The van der Waals surface area contributed by atoms with Crippen LogP contribution in [0.5, 0.6) is 0 Å². The second-order valence-corrected chi connectivity index (χ2v) is 1.02. The van der Waals surface area contributed by atoms with Gasteiger partial charge in [-0.25, -0.2) is 9.18 Å². The molecule has 0 aliphatic carbocycles. The number of rotatable bonds is 1. The molecule has 1 atom stereocenters. The molecule has 0 rings (SSSR count). The van der Waals surface area contributed by atoms with Crippen molar-refractivity contribution in [3.63, 3.8) is 0 Å². The SMILES string of the molecule is O=C(O)C(F)Cl.[Cs+].[H-].[H-].[K+]. The van der Waals surface area contributed by atoms with Crippen LogP contribution < -0.4 is 120 Å². The summed E-state index contributed by atoms with van der Waals surface area (Å²) < 4.78 is 11.0. The molecule has 0 fully saturated rings. The summed E-state index contributed by atoms with van der Waals surface area (Å²) in [6.07, 6.45) is 0. The summed E-state index contributed by atoms with van der Waals surface area (Å²) in [6.45, 7) is 0. The summed E-state index contributed by atoms with van der Waals surface area (Å²) in [5.41, 5.74) is -2.26. The Morgan fingerprint density at radius 2 is 2.00 bits per heavy atom. The van der Waals surface area contributed by atoms with Gasteiger partial charge in [-0.2, -0.15) is 0 Å². The van der Waals surface area contributed by atoms with Crippen LogP contribution in [0.4, 0.5) is 4.39 Å². The van der Waals surface area contributed by atoms with Crippen molar-refractivity contribution in [2.75, 3.05) is 0 Å². The van der Waals surface area contributed by atoms with E-state index in [9.17, 15) is 9.18 Å². The maximum atomic E-state index is 11.0. The Kier molecular flexibility index (Phi) is 22.6. The summed E-state index contributed by atoms with van der Waals surface area (Å²) in [4.78, 5) is 9.19. The molecule has 6 heteroatoms. The molecular weight excluding hydrogens is 282 g/mol. The van der Waals surface area contributed by atoms with Gasteiger partial charge in [0, 0.05) is 0 Å². The Bertz CT molecular complexity index is 78.3. The van der Waals surface area contributed by atoms with Crippen molar-refractivity contribution in [1.29, 1.82) is 0 Å². The number of carboxylic acids is 1. The quantitative estimate of drug-likeness (QED) is 0.387. The minimum Gasteiger partial charge on any atom is -1.00 e. The molecule has 0 bridgehead atoms. The van der Waals surface area contributed by atoms with E-state index in [1.807, 2.05) is 0 Å². The number of carboxylic acid groups (broad SMARTS) is 1. The number of halogens is 2. The average molecular weight is 287 g/mol. The third-order valence-electron chi connectivity index (χ3n) is 0.187. The predicted octanol–water partition coefficient (Wildman–Crippen LogP) is -5.16. The number of aliphatic carboxylic acids is 1. The van der Waals surface area contributed by atoms with Gasteiger partial charge in [-0.15, -0.1) is 0 Å². The first-order chi connectivity index (χ1) is 2.64. The average Bonchev–Trinajstić information content (AvgIpc) is 1.36. The van der Waals surface area contributed by atoms with E-state index in [2.05, 4.69) is 11.6 Å². The Labute approximate surface area is 156 Å². The molecule has 0 aliphatic heterocycles. The fourth-order valence-electron chi connectivity index (χ4n) is 0. The molecule has 8 heavy (non-hydrogen) atoms. The number of hydrogen-bond acceptors (Lipinski definition) is 1. The van der Waals surface area contributed by atoms with Crippen LogP contribution in [0.2, 0.25) is 0 Å². The van der Waals surface area contributed by atoms with E-state index in [-0.39, 0.29) is 123 Å². The molecule has 0 amide bonds. The van der Waals surface area contributed by atoms with Crippen LogP contribution in [0.1, 0.15) is 2.85 Å². The Morgan fingerprint density at radius 3 is 2.00 bits per heavy atom. The van der Waals surface area contributed by atoms with Crippen LogP contribution >= 0.6 is 11.6 Å². The molecule has 0 saturated carbocycles. The second kappa shape index (κ2) is 10.4. The van der Waals surface area contributed by atoms with E-state index in [0.29, 0.717) is 0 Å². The maximum absolute atomic E-state index is 11.0. The molecule has 0 aromatic rings. The Balaban J connectivity index is -0.0000000208. The van der Waals surface area contributed by atoms with Gasteiger partial charge in [0.1, 0.15) is 0 Å². The number of hydrogen-bond donors (Lipinski definition) is 1. The summed E-state index contributed by atoms with van der Waals surface area (Å²) in [6, 6.07) is 0. The normalized spacial score (nSPS) is 10.2. The maximum Gasteiger partial charge on any atom is 1.00 e. The monoisotopic (exact) mass is 286 g/mol. The van der Waals surface area contributed by atoms with Gasteiger partial charge in [0.25, 0.3) is 5.63 Å². The summed E-state index contributed by atoms with van der Waals surface area (Å²) >= 11 is 4.35. The summed E-state index contributed by atoms with van der Waals surface area (Å²) in [5, 5.41) is 7.48. The zero-order valence-electron chi connectivity index (χ0n) is 6.69. The number of carbonyl (C=O) groups is 1. The summed E-state index contributed by atoms with van der Waals surface area (Å²) in [5.74, 6) is -1.64. The van der Waals surface area contributed by atoms with E-state index in [1.165, 1.54) is 0 Å². The van der Waals surface area contributed by atoms with Crippen molar-refractivity contribution in [2.45, 2.75) is 5.63 Å². The second-order valence-electron chi connectivity index (χ2n) is 0.639. The molecule has 0 saturated heterocycles. The Hall–Kier alpha value is 3.38. The molecular formula is C2H4ClCsFKO2. The zero-order valence-corrected chi connectivity index (χ0v) is 14.8. The van der Waals surface area contributed by atoms with Crippen LogP contribution in [0.15, 0.2) is 0 Å². The van der Waals surface area contributed by atoms with Gasteiger partial charge in [0.05, 0.1) is 0 Å². The first-order valence-corrected chi connectivity index (χ1v) is 1.59. The van der Waals surface area contributed by atoms with Gasteiger partial charge in [-0.05, 0) is 0 Å². The van der Waals surface area contributed by atoms with E-state index >= 15 is 0 Å². The molecule has 0 spiro atoms. The van der Waals surface area contributed by atoms with Crippen LogP contribution in [0.25, 0.3) is 0 Å². The minimum absolute atomic E-state index is 0. The molecule has 0 radical (unpaired) electrons. The molecule has 1 N–H and O–H groups in total. The molecule has 0 aliphatic rings. The largest absolute Gasteiger partial charge is 1.00 e. The van der Waals surface area contributed by atoms with Gasteiger partial charge < -0.3 is 7.96 Å². The molecule has 0 heterocycles. The minimum atomic E-state index is -2.26. The Morgan fingerprint density at radius 1 is 1.88 bits per heavy atom. The van der Waals surface area contributed by atoms with Crippen LogP contribution in [-0.2, 0) is 4.79 Å². The number of alkyl halides is 2. The first kappa shape index (κ1) is 17.5. The van der Waals surface area contributed by atoms with Crippen molar-refractivity contribution in [3.05, 3.63) is 0 Å². The zero-order chi connectivity index (χ0) is 5.15. The third-order valence-corrected chi connectivity index (χ3v) is 0.373. The van der Waals surface area contributed by atoms with Crippen molar-refractivity contribution < 1.29 is 137 Å². The third kappa shape index (κ3) is 12.1. The van der Waals surface area contributed by atoms with Crippen molar-refractivity contribution >= 4 is 17.6 Å². The predicted molar refractivity (Wildman–Crippen MR) is 20.6 cm³/mol. The van der Waals surface area contributed by atoms with Crippen LogP contribution in [0, 0.1) is 0 Å². The van der Waals surface area contributed by atoms with Crippen molar-refractivity contribution in [1.82, 2.24) is 0 Å². The van der Waals surface area contributed by atoms with Gasteiger partial charge in [-0.3, -0.25) is 0 Å². The fraction of sp³-hybridized carbons (Fsp3) is 0.500. The van der Waals surface area contributed by atoms with E-state index in [4.69, 9.17) is 5.11 Å². The van der Waals surface area contributed by atoms with Crippen LogP contribution in [-0.4, -0.2) is 16.7 Å². The van der Waals surface area contributed by atoms with Gasteiger partial charge in [0.2, 0.25) is 0 Å². The first-order valence-electron chi connectivity index (χ1n) is 1.15.